The van der Waals surface area contributed by atoms with E-state index in [1.165, 1.54) is 7.11 Å². The minimum atomic E-state index is -0.289. The lowest BCUT2D eigenvalue weighted by molar-refractivity contribution is -0.144. The number of carbonyl (C=O) groups is 1. The SMILES string of the molecule is COC(=O)C(C)n1ccnc1. The number of carbonyl (C=O) groups excluding carboxylic acids is 1. The first-order valence-electron chi connectivity index (χ1n) is 3.31. The Morgan fingerprint density at radius 3 is 2.91 bits per heavy atom. The van der Waals surface area contributed by atoms with E-state index in [2.05, 4.69) is 9.72 Å². The topological polar surface area (TPSA) is 44.1 Å². The Morgan fingerprint density at radius 2 is 2.45 bits per heavy atom. The number of hydrogen-bond acceptors (Lipinski definition) is 3. The molecule has 0 fully saturated rings. The van der Waals surface area contributed by atoms with Crippen molar-refractivity contribution in [3.05, 3.63) is 18.7 Å². The second-order valence-corrected chi connectivity index (χ2v) is 2.21. The van der Waals surface area contributed by atoms with E-state index in [1.54, 1.807) is 30.2 Å². The van der Waals surface area contributed by atoms with E-state index in [0.29, 0.717) is 0 Å². The zero-order chi connectivity index (χ0) is 8.27. The maximum Gasteiger partial charge on any atom is 0.328 e. The van der Waals surface area contributed by atoms with Crippen molar-refractivity contribution in [3.8, 4) is 0 Å². The summed E-state index contributed by atoms with van der Waals surface area (Å²) in [5, 5.41) is 0. The van der Waals surface area contributed by atoms with Gasteiger partial charge in [0.2, 0.25) is 0 Å². The molecule has 1 heterocycles. The zero-order valence-corrected chi connectivity index (χ0v) is 6.52. The Morgan fingerprint density at radius 1 is 1.73 bits per heavy atom. The molecule has 1 unspecified atom stereocenters. The van der Waals surface area contributed by atoms with E-state index in [0.717, 1.165) is 0 Å². The smallest absolute Gasteiger partial charge is 0.328 e. The van der Waals surface area contributed by atoms with Gasteiger partial charge in [0.1, 0.15) is 6.04 Å². The van der Waals surface area contributed by atoms with Crippen LogP contribution < -0.4 is 0 Å². The molecule has 4 heteroatoms. The number of aromatic nitrogens is 2. The molecule has 0 saturated heterocycles. The Bertz CT molecular complexity index is 231. The van der Waals surface area contributed by atoms with Crippen LogP contribution in [0.3, 0.4) is 0 Å². The number of methoxy groups -OCH3 is 1. The second-order valence-electron chi connectivity index (χ2n) is 2.21. The Labute approximate surface area is 64.8 Å². The third-order valence-corrected chi connectivity index (χ3v) is 1.51. The van der Waals surface area contributed by atoms with Crippen molar-refractivity contribution in [2.75, 3.05) is 7.11 Å². The summed E-state index contributed by atoms with van der Waals surface area (Å²) in [7, 11) is 1.37. The van der Waals surface area contributed by atoms with Gasteiger partial charge in [-0.2, -0.15) is 0 Å². The average molecular weight is 154 g/mol. The van der Waals surface area contributed by atoms with Crippen LogP contribution in [0, 0.1) is 0 Å². The fraction of sp³-hybridized carbons (Fsp3) is 0.429. The van der Waals surface area contributed by atoms with Crippen LogP contribution >= 0.6 is 0 Å². The van der Waals surface area contributed by atoms with Gasteiger partial charge in [-0.1, -0.05) is 0 Å². The molecule has 1 atom stereocenters. The molecule has 0 aliphatic rings. The van der Waals surface area contributed by atoms with Gasteiger partial charge >= 0.3 is 5.97 Å². The van der Waals surface area contributed by atoms with Gasteiger partial charge in [-0.15, -0.1) is 0 Å². The molecule has 0 spiro atoms. The fourth-order valence-electron chi connectivity index (χ4n) is 0.791. The lowest BCUT2D eigenvalue weighted by atomic mass is 10.3. The molecule has 0 bridgehead atoms. The molecule has 4 nitrogen and oxygen atoms in total. The predicted octanol–water partition coefficient (Wildman–Crippen LogP) is 0.617. The van der Waals surface area contributed by atoms with Crippen LogP contribution in [-0.4, -0.2) is 22.6 Å². The van der Waals surface area contributed by atoms with Crippen molar-refractivity contribution in [3.63, 3.8) is 0 Å². The number of rotatable bonds is 2. The van der Waals surface area contributed by atoms with Gasteiger partial charge in [0.25, 0.3) is 0 Å². The standard InChI is InChI=1S/C7H10N2O2/c1-6(7(10)11-2)9-4-3-8-5-9/h3-6H,1-2H3. The molecule has 0 saturated carbocycles. The van der Waals surface area contributed by atoms with E-state index in [9.17, 15) is 4.79 Å². The highest BCUT2D eigenvalue weighted by molar-refractivity contribution is 5.73. The molecule has 0 aromatic carbocycles. The molecule has 0 aliphatic heterocycles. The number of esters is 1. The molecule has 1 aromatic heterocycles. The van der Waals surface area contributed by atoms with Crippen molar-refractivity contribution in [2.24, 2.45) is 0 Å². The quantitative estimate of drug-likeness (QED) is 0.586. The van der Waals surface area contributed by atoms with Crippen LogP contribution in [0.15, 0.2) is 18.7 Å². The monoisotopic (exact) mass is 154 g/mol. The van der Waals surface area contributed by atoms with E-state index in [-0.39, 0.29) is 12.0 Å². The van der Waals surface area contributed by atoms with E-state index < -0.39 is 0 Å². The minimum Gasteiger partial charge on any atom is -0.467 e. The van der Waals surface area contributed by atoms with Crippen LogP contribution in [0.25, 0.3) is 0 Å². The average Bonchev–Trinajstić information content (AvgIpc) is 2.53. The first-order valence-corrected chi connectivity index (χ1v) is 3.31. The van der Waals surface area contributed by atoms with Crippen molar-refractivity contribution >= 4 is 5.97 Å². The molecule has 60 valence electrons. The number of ether oxygens (including phenoxy) is 1. The van der Waals surface area contributed by atoms with Crippen LogP contribution in [0.2, 0.25) is 0 Å². The van der Waals surface area contributed by atoms with E-state index in [1.807, 2.05) is 0 Å². The second kappa shape index (κ2) is 3.18. The molecule has 1 aromatic rings. The molecule has 0 N–H and O–H groups in total. The summed E-state index contributed by atoms with van der Waals surface area (Å²) in [4.78, 5) is 14.8. The summed E-state index contributed by atoms with van der Waals surface area (Å²) in [5.41, 5.74) is 0. The molecular formula is C7H10N2O2. The summed E-state index contributed by atoms with van der Waals surface area (Å²) in [6.45, 7) is 1.76. The van der Waals surface area contributed by atoms with E-state index in [4.69, 9.17) is 0 Å². The Kier molecular flexibility index (Phi) is 2.25. The summed E-state index contributed by atoms with van der Waals surface area (Å²) >= 11 is 0. The first-order chi connectivity index (χ1) is 5.25. The lowest BCUT2D eigenvalue weighted by Gasteiger charge is -2.08. The fourth-order valence-corrected chi connectivity index (χ4v) is 0.791. The van der Waals surface area contributed by atoms with Crippen molar-refractivity contribution in [2.45, 2.75) is 13.0 Å². The molecule has 0 amide bonds. The lowest BCUT2D eigenvalue weighted by Crippen LogP contribution is -2.16. The van der Waals surface area contributed by atoms with Gasteiger partial charge in [0.05, 0.1) is 13.4 Å². The van der Waals surface area contributed by atoms with Gasteiger partial charge in [-0.05, 0) is 6.92 Å². The van der Waals surface area contributed by atoms with Crippen molar-refractivity contribution < 1.29 is 9.53 Å². The number of nitrogens with zero attached hydrogens (tertiary/aromatic N) is 2. The van der Waals surface area contributed by atoms with Gasteiger partial charge in [-0.25, -0.2) is 9.78 Å². The minimum absolute atomic E-state index is 0.261. The highest BCUT2D eigenvalue weighted by atomic mass is 16.5. The van der Waals surface area contributed by atoms with Crippen molar-refractivity contribution in [1.82, 2.24) is 9.55 Å². The summed E-state index contributed by atoms with van der Waals surface area (Å²) < 4.78 is 6.23. The number of hydrogen-bond donors (Lipinski definition) is 0. The highest BCUT2D eigenvalue weighted by Crippen LogP contribution is 2.05. The maximum absolute atomic E-state index is 10.9. The van der Waals surface area contributed by atoms with Crippen LogP contribution in [-0.2, 0) is 9.53 Å². The molecule has 0 radical (unpaired) electrons. The van der Waals surface area contributed by atoms with Crippen LogP contribution in [0.5, 0.6) is 0 Å². The molecule has 11 heavy (non-hydrogen) atoms. The first kappa shape index (κ1) is 7.78. The highest BCUT2D eigenvalue weighted by Gasteiger charge is 2.13. The van der Waals surface area contributed by atoms with Gasteiger partial charge < -0.3 is 9.30 Å². The van der Waals surface area contributed by atoms with E-state index >= 15 is 0 Å². The van der Waals surface area contributed by atoms with Gasteiger partial charge in [0, 0.05) is 12.4 Å². The Balaban J connectivity index is 2.70. The van der Waals surface area contributed by atoms with Crippen molar-refractivity contribution in [1.29, 1.82) is 0 Å². The summed E-state index contributed by atoms with van der Waals surface area (Å²) in [6.07, 6.45) is 4.93. The predicted molar refractivity (Wildman–Crippen MR) is 39.0 cm³/mol. The largest absolute Gasteiger partial charge is 0.467 e. The third-order valence-electron chi connectivity index (χ3n) is 1.51. The Hall–Kier alpha value is -1.32. The molecule has 1 rings (SSSR count). The van der Waals surface area contributed by atoms with Crippen LogP contribution in [0.4, 0.5) is 0 Å². The zero-order valence-electron chi connectivity index (χ0n) is 6.52. The van der Waals surface area contributed by atoms with Gasteiger partial charge in [0.15, 0.2) is 0 Å². The summed E-state index contributed by atoms with van der Waals surface area (Å²) in [6, 6.07) is -0.289. The molecular weight excluding hydrogens is 144 g/mol. The number of imidazole rings is 1. The van der Waals surface area contributed by atoms with Crippen LogP contribution in [0.1, 0.15) is 13.0 Å². The third kappa shape index (κ3) is 1.58. The molecule has 0 aliphatic carbocycles. The van der Waals surface area contributed by atoms with Gasteiger partial charge in [-0.3, -0.25) is 0 Å². The summed E-state index contributed by atoms with van der Waals surface area (Å²) in [5.74, 6) is -0.261. The maximum atomic E-state index is 10.9. The normalized spacial score (nSPS) is 12.5.